The van der Waals surface area contributed by atoms with E-state index in [2.05, 4.69) is 5.32 Å². The Morgan fingerprint density at radius 2 is 2.00 bits per heavy atom. The van der Waals surface area contributed by atoms with Gasteiger partial charge in [0.25, 0.3) is 0 Å². The van der Waals surface area contributed by atoms with Crippen LogP contribution in [-0.4, -0.2) is 22.4 Å². The molecule has 0 amide bonds. The van der Waals surface area contributed by atoms with Gasteiger partial charge >= 0.3 is 5.69 Å². The molecule has 0 saturated carbocycles. The Kier molecular flexibility index (Phi) is 4.45. The largest absolute Gasteiger partial charge is 0.497 e. The third kappa shape index (κ3) is 3.08. The average molecular weight is 303 g/mol. The number of methoxy groups -OCH3 is 1. The van der Waals surface area contributed by atoms with Crippen molar-refractivity contribution in [1.29, 1.82) is 0 Å². The molecule has 7 nitrogen and oxygen atoms in total. The first-order valence-electron chi connectivity index (χ1n) is 6.66. The minimum absolute atomic E-state index is 0.110. The molecule has 0 bridgehead atoms. The van der Waals surface area contributed by atoms with Crippen molar-refractivity contribution >= 4 is 17.3 Å². The third-order valence-electron chi connectivity index (χ3n) is 3.39. The van der Waals surface area contributed by atoms with Gasteiger partial charge in [0, 0.05) is 26.6 Å². The number of nitrogens with zero attached hydrogens (tertiary/aromatic N) is 2. The summed E-state index contributed by atoms with van der Waals surface area (Å²) >= 11 is 0. The molecule has 0 radical (unpaired) electrons. The van der Waals surface area contributed by atoms with Crippen LogP contribution in [0.1, 0.15) is 23.0 Å². The van der Waals surface area contributed by atoms with E-state index < -0.39 is 4.92 Å². The van der Waals surface area contributed by atoms with E-state index in [0.29, 0.717) is 18.1 Å². The molecule has 2 aromatic rings. The first-order chi connectivity index (χ1) is 10.4. The molecule has 1 aromatic carbocycles. The van der Waals surface area contributed by atoms with Gasteiger partial charge in [-0.2, -0.15) is 0 Å². The van der Waals surface area contributed by atoms with Crippen LogP contribution in [0.4, 0.5) is 11.5 Å². The molecule has 22 heavy (non-hydrogen) atoms. The molecule has 0 saturated heterocycles. The van der Waals surface area contributed by atoms with Gasteiger partial charge in [-0.15, -0.1) is 0 Å². The Hall–Kier alpha value is -2.83. The number of carbonyl (C=O) groups is 1. The fourth-order valence-corrected chi connectivity index (χ4v) is 2.20. The number of nitrogens with one attached hydrogen (secondary N) is 1. The molecule has 0 spiro atoms. The van der Waals surface area contributed by atoms with Crippen molar-refractivity contribution in [2.75, 3.05) is 12.4 Å². The number of carbonyl (C=O) groups excluding carboxylic acids is 1. The summed E-state index contributed by atoms with van der Waals surface area (Å²) in [4.78, 5) is 22.1. The molecule has 1 N–H and O–H groups in total. The van der Waals surface area contributed by atoms with Crippen LogP contribution in [0.5, 0.6) is 5.75 Å². The zero-order chi connectivity index (χ0) is 16.3. The van der Waals surface area contributed by atoms with Crippen LogP contribution in [0.15, 0.2) is 30.3 Å². The summed E-state index contributed by atoms with van der Waals surface area (Å²) in [6.45, 7) is 1.78. The van der Waals surface area contributed by atoms with Crippen LogP contribution in [0.2, 0.25) is 0 Å². The maximum atomic E-state index is 11.5. The van der Waals surface area contributed by atoms with E-state index in [1.807, 2.05) is 24.3 Å². The van der Waals surface area contributed by atoms with Crippen molar-refractivity contribution < 1.29 is 14.5 Å². The summed E-state index contributed by atoms with van der Waals surface area (Å²) in [5, 5.41) is 14.1. The van der Waals surface area contributed by atoms with Gasteiger partial charge in [-0.05, 0) is 17.7 Å². The highest BCUT2D eigenvalue weighted by Crippen LogP contribution is 2.29. The van der Waals surface area contributed by atoms with E-state index >= 15 is 0 Å². The van der Waals surface area contributed by atoms with E-state index in [0.717, 1.165) is 11.3 Å². The van der Waals surface area contributed by atoms with Crippen LogP contribution in [0.3, 0.4) is 0 Å². The number of hydrogen-bond acceptors (Lipinski definition) is 5. The number of aromatic nitrogens is 1. The summed E-state index contributed by atoms with van der Waals surface area (Å²) in [5.74, 6) is 0.835. The molecule has 0 aliphatic carbocycles. The topological polar surface area (TPSA) is 86.4 Å². The van der Waals surface area contributed by atoms with E-state index in [4.69, 9.17) is 4.74 Å². The lowest BCUT2D eigenvalue weighted by molar-refractivity contribution is -0.383. The number of Topliss-reactive ketones (excluding diaryl/α,β-unsaturated/α-hetero) is 1. The molecule has 0 aliphatic rings. The SMILES string of the molecule is COc1ccc(CNc2c([N+](=O)[O-])cc(C(C)=O)n2C)cc1. The van der Waals surface area contributed by atoms with E-state index in [9.17, 15) is 14.9 Å². The second-order valence-corrected chi connectivity index (χ2v) is 4.84. The smallest absolute Gasteiger partial charge is 0.311 e. The molecule has 116 valence electrons. The van der Waals surface area contributed by atoms with E-state index in [1.165, 1.54) is 17.6 Å². The van der Waals surface area contributed by atoms with Gasteiger partial charge in [0.2, 0.25) is 0 Å². The molecule has 0 aliphatic heterocycles. The van der Waals surface area contributed by atoms with Gasteiger partial charge in [-0.3, -0.25) is 14.9 Å². The van der Waals surface area contributed by atoms with Gasteiger partial charge in [0.15, 0.2) is 11.6 Å². The normalized spacial score (nSPS) is 10.3. The number of ketones is 1. The number of benzene rings is 1. The number of anilines is 1. The van der Waals surface area contributed by atoms with Crippen molar-refractivity contribution in [3.05, 3.63) is 51.7 Å². The second-order valence-electron chi connectivity index (χ2n) is 4.84. The minimum Gasteiger partial charge on any atom is -0.497 e. The summed E-state index contributed by atoms with van der Waals surface area (Å²) in [7, 11) is 3.21. The lowest BCUT2D eigenvalue weighted by atomic mass is 10.2. The van der Waals surface area contributed by atoms with Crippen molar-refractivity contribution in [2.45, 2.75) is 13.5 Å². The fourth-order valence-electron chi connectivity index (χ4n) is 2.20. The van der Waals surface area contributed by atoms with Crippen LogP contribution >= 0.6 is 0 Å². The van der Waals surface area contributed by atoms with Crippen LogP contribution in [0.25, 0.3) is 0 Å². The maximum Gasteiger partial charge on any atom is 0.311 e. The standard InChI is InChI=1S/C15H17N3O4/c1-10(19)13-8-14(18(20)21)15(17(13)2)16-9-11-4-6-12(22-3)7-5-11/h4-8,16H,9H2,1-3H3. The first-order valence-corrected chi connectivity index (χ1v) is 6.66. The monoisotopic (exact) mass is 303 g/mol. The first kappa shape index (κ1) is 15.6. The van der Waals surface area contributed by atoms with Crippen LogP contribution in [-0.2, 0) is 13.6 Å². The number of nitro groups is 1. The van der Waals surface area contributed by atoms with Gasteiger partial charge < -0.3 is 14.6 Å². The Morgan fingerprint density at radius 3 is 2.50 bits per heavy atom. The predicted molar refractivity (Wildman–Crippen MR) is 82.4 cm³/mol. The van der Waals surface area contributed by atoms with Crippen molar-refractivity contribution in [3.63, 3.8) is 0 Å². The fraction of sp³-hybridized carbons (Fsp3) is 0.267. The Balaban J connectivity index is 2.24. The number of rotatable bonds is 6. The Labute approximate surface area is 127 Å². The second kappa shape index (κ2) is 6.30. The molecule has 2 rings (SSSR count). The molecule has 0 atom stereocenters. The average Bonchev–Trinajstić information content (AvgIpc) is 2.83. The lowest BCUT2D eigenvalue weighted by Crippen LogP contribution is -2.08. The number of hydrogen-bond donors (Lipinski definition) is 1. The summed E-state index contributed by atoms with van der Waals surface area (Å²) in [5.41, 5.74) is 1.13. The molecule has 1 aromatic heterocycles. The van der Waals surface area contributed by atoms with Crippen LogP contribution in [0, 0.1) is 10.1 Å². The van der Waals surface area contributed by atoms with E-state index in [-0.39, 0.29) is 11.5 Å². The molecule has 0 unspecified atom stereocenters. The third-order valence-corrected chi connectivity index (χ3v) is 3.39. The van der Waals surface area contributed by atoms with Crippen molar-refractivity contribution in [2.24, 2.45) is 7.05 Å². The zero-order valence-corrected chi connectivity index (χ0v) is 12.6. The maximum absolute atomic E-state index is 11.5. The van der Waals surface area contributed by atoms with Gasteiger partial charge in [0.05, 0.1) is 17.7 Å². The molecule has 7 heteroatoms. The van der Waals surface area contributed by atoms with Crippen molar-refractivity contribution in [1.82, 2.24) is 4.57 Å². The Bertz CT molecular complexity index is 704. The highest BCUT2D eigenvalue weighted by Gasteiger charge is 2.23. The highest BCUT2D eigenvalue weighted by atomic mass is 16.6. The summed E-state index contributed by atoms with van der Waals surface area (Å²) < 4.78 is 6.58. The predicted octanol–water partition coefficient (Wildman–Crippen LogP) is 2.76. The molecular formula is C15H17N3O4. The zero-order valence-electron chi connectivity index (χ0n) is 12.6. The summed E-state index contributed by atoms with van der Waals surface area (Å²) in [6.07, 6.45) is 0. The van der Waals surface area contributed by atoms with Gasteiger partial charge in [-0.1, -0.05) is 12.1 Å². The molecule has 1 heterocycles. The van der Waals surface area contributed by atoms with E-state index in [1.54, 1.807) is 14.2 Å². The summed E-state index contributed by atoms with van der Waals surface area (Å²) in [6, 6.07) is 8.66. The quantitative estimate of drug-likeness (QED) is 0.504. The molecular weight excluding hydrogens is 286 g/mol. The molecule has 0 fully saturated rings. The lowest BCUT2D eigenvalue weighted by Gasteiger charge is -2.09. The Morgan fingerprint density at radius 1 is 1.36 bits per heavy atom. The van der Waals surface area contributed by atoms with Gasteiger partial charge in [0.1, 0.15) is 5.75 Å². The van der Waals surface area contributed by atoms with Crippen molar-refractivity contribution in [3.8, 4) is 5.75 Å². The highest BCUT2D eigenvalue weighted by molar-refractivity contribution is 5.95. The minimum atomic E-state index is -0.497. The number of ether oxygens (including phenoxy) is 1. The van der Waals surface area contributed by atoms with Crippen LogP contribution < -0.4 is 10.1 Å². The van der Waals surface area contributed by atoms with Gasteiger partial charge in [-0.25, -0.2) is 0 Å².